The SMILES string of the molecule is CCc1cc(Nc2ccc(C(=O)O)cc2)nc(C)n1. The Morgan fingerprint density at radius 1 is 1.26 bits per heavy atom. The van der Waals surface area contributed by atoms with Crippen LogP contribution in [0.1, 0.15) is 28.8 Å². The maximum atomic E-state index is 10.8. The summed E-state index contributed by atoms with van der Waals surface area (Å²) in [4.78, 5) is 19.4. The Morgan fingerprint density at radius 3 is 2.53 bits per heavy atom. The van der Waals surface area contributed by atoms with Gasteiger partial charge in [-0.1, -0.05) is 6.92 Å². The number of nitrogens with zero attached hydrogens (tertiary/aromatic N) is 2. The number of aromatic nitrogens is 2. The summed E-state index contributed by atoms with van der Waals surface area (Å²) in [7, 11) is 0. The molecule has 0 saturated carbocycles. The molecule has 2 N–H and O–H groups in total. The van der Waals surface area contributed by atoms with Crippen molar-refractivity contribution < 1.29 is 9.90 Å². The lowest BCUT2D eigenvalue weighted by atomic mass is 10.2. The van der Waals surface area contributed by atoms with Crippen molar-refractivity contribution in [1.29, 1.82) is 0 Å². The summed E-state index contributed by atoms with van der Waals surface area (Å²) in [6.07, 6.45) is 0.843. The van der Waals surface area contributed by atoms with E-state index in [1.54, 1.807) is 24.3 Å². The van der Waals surface area contributed by atoms with E-state index in [0.717, 1.165) is 17.8 Å². The number of carboxylic acids is 1. The average molecular weight is 257 g/mol. The van der Waals surface area contributed by atoms with Gasteiger partial charge in [-0.3, -0.25) is 0 Å². The van der Waals surface area contributed by atoms with Crippen LogP contribution in [0.4, 0.5) is 11.5 Å². The van der Waals surface area contributed by atoms with E-state index in [4.69, 9.17) is 5.11 Å². The number of anilines is 2. The van der Waals surface area contributed by atoms with Crippen LogP contribution in [-0.2, 0) is 6.42 Å². The molecule has 0 bridgehead atoms. The van der Waals surface area contributed by atoms with E-state index in [1.165, 1.54) is 0 Å². The van der Waals surface area contributed by atoms with Gasteiger partial charge in [-0.25, -0.2) is 14.8 Å². The minimum absolute atomic E-state index is 0.263. The number of rotatable bonds is 4. The topological polar surface area (TPSA) is 75.1 Å². The lowest BCUT2D eigenvalue weighted by Crippen LogP contribution is -2.01. The van der Waals surface area contributed by atoms with Gasteiger partial charge >= 0.3 is 5.97 Å². The Bertz CT molecular complexity index is 594. The number of aryl methyl sites for hydroxylation is 2. The largest absolute Gasteiger partial charge is 0.478 e. The number of nitrogens with one attached hydrogen (secondary N) is 1. The van der Waals surface area contributed by atoms with Crippen molar-refractivity contribution in [1.82, 2.24) is 9.97 Å². The molecule has 5 nitrogen and oxygen atoms in total. The lowest BCUT2D eigenvalue weighted by Gasteiger charge is -2.08. The van der Waals surface area contributed by atoms with Gasteiger partial charge in [0.2, 0.25) is 0 Å². The van der Waals surface area contributed by atoms with Crippen LogP contribution in [0.5, 0.6) is 0 Å². The molecule has 1 heterocycles. The predicted octanol–water partition coefficient (Wildman–Crippen LogP) is 2.79. The summed E-state index contributed by atoms with van der Waals surface area (Å²) < 4.78 is 0. The number of hydrogen-bond acceptors (Lipinski definition) is 4. The van der Waals surface area contributed by atoms with Crippen molar-refractivity contribution >= 4 is 17.5 Å². The van der Waals surface area contributed by atoms with Crippen LogP contribution in [0, 0.1) is 6.92 Å². The quantitative estimate of drug-likeness (QED) is 0.880. The molecule has 5 heteroatoms. The van der Waals surface area contributed by atoms with Crippen molar-refractivity contribution in [3.63, 3.8) is 0 Å². The maximum absolute atomic E-state index is 10.8. The van der Waals surface area contributed by atoms with Gasteiger partial charge < -0.3 is 10.4 Å². The second kappa shape index (κ2) is 5.48. The van der Waals surface area contributed by atoms with Crippen molar-refractivity contribution in [3.05, 3.63) is 47.4 Å². The minimum atomic E-state index is -0.933. The molecule has 0 radical (unpaired) electrons. The molecule has 0 aliphatic carbocycles. The second-order valence-corrected chi connectivity index (χ2v) is 4.15. The van der Waals surface area contributed by atoms with Gasteiger partial charge in [0, 0.05) is 17.4 Å². The Morgan fingerprint density at radius 2 is 1.95 bits per heavy atom. The predicted molar refractivity (Wildman–Crippen MR) is 72.8 cm³/mol. The van der Waals surface area contributed by atoms with E-state index >= 15 is 0 Å². The molecule has 0 unspecified atom stereocenters. The summed E-state index contributed by atoms with van der Waals surface area (Å²) in [6, 6.07) is 8.43. The molecule has 0 amide bonds. The third-order valence-electron chi connectivity index (χ3n) is 2.66. The van der Waals surface area contributed by atoms with E-state index in [2.05, 4.69) is 15.3 Å². The van der Waals surface area contributed by atoms with E-state index in [0.29, 0.717) is 11.6 Å². The number of carboxylic acid groups (broad SMARTS) is 1. The fraction of sp³-hybridized carbons (Fsp3) is 0.214. The number of hydrogen-bond donors (Lipinski definition) is 2. The second-order valence-electron chi connectivity index (χ2n) is 4.15. The van der Waals surface area contributed by atoms with Gasteiger partial charge in [0.05, 0.1) is 5.56 Å². The van der Waals surface area contributed by atoms with Crippen molar-refractivity contribution in [2.75, 3.05) is 5.32 Å². The van der Waals surface area contributed by atoms with Crippen LogP contribution in [0.3, 0.4) is 0 Å². The molecule has 1 aromatic carbocycles. The van der Waals surface area contributed by atoms with E-state index in [-0.39, 0.29) is 5.56 Å². The first-order valence-electron chi connectivity index (χ1n) is 6.03. The molecule has 0 spiro atoms. The maximum Gasteiger partial charge on any atom is 0.335 e. The van der Waals surface area contributed by atoms with Crippen molar-refractivity contribution in [2.45, 2.75) is 20.3 Å². The van der Waals surface area contributed by atoms with Crippen LogP contribution in [-0.4, -0.2) is 21.0 Å². The minimum Gasteiger partial charge on any atom is -0.478 e. The van der Waals surface area contributed by atoms with Gasteiger partial charge in [-0.15, -0.1) is 0 Å². The summed E-state index contributed by atoms with van der Waals surface area (Å²) in [5.41, 5.74) is 2.03. The normalized spacial score (nSPS) is 10.2. The zero-order valence-electron chi connectivity index (χ0n) is 10.8. The zero-order chi connectivity index (χ0) is 13.8. The Hall–Kier alpha value is -2.43. The van der Waals surface area contributed by atoms with Gasteiger partial charge in [-0.05, 0) is 37.6 Å². The first-order chi connectivity index (χ1) is 9.08. The van der Waals surface area contributed by atoms with Gasteiger partial charge in [0.25, 0.3) is 0 Å². The molecule has 2 aromatic rings. The third kappa shape index (κ3) is 3.28. The molecule has 0 fully saturated rings. The molecule has 0 aliphatic rings. The Kier molecular flexibility index (Phi) is 3.75. The van der Waals surface area contributed by atoms with Crippen LogP contribution in [0.25, 0.3) is 0 Å². The Balaban J connectivity index is 2.21. The van der Waals surface area contributed by atoms with E-state index < -0.39 is 5.97 Å². The monoisotopic (exact) mass is 257 g/mol. The highest BCUT2D eigenvalue weighted by atomic mass is 16.4. The summed E-state index contributed by atoms with van der Waals surface area (Å²) >= 11 is 0. The fourth-order valence-electron chi connectivity index (χ4n) is 1.72. The molecular formula is C14H15N3O2. The van der Waals surface area contributed by atoms with E-state index in [9.17, 15) is 4.79 Å². The highest BCUT2D eigenvalue weighted by Crippen LogP contribution is 2.16. The summed E-state index contributed by atoms with van der Waals surface area (Å²) in [6.45, 7) is 3.88. The lowest BCUT2D eigenvalue weighted by molar-refractivity contribution is 0.0697. The summed E-state index contributed by atoms with van der Waals surface area (Å²) in [5.74, 6) is 0.495. The zero-order valence-corrected chi connectivity index (χ0v) is 10.8. The molecule has 98 valence electrons. The Labute approximate surface area is 111 Å². The van der Waals surface area contributed by atoms with Gasteiger partial charge in [0.15, 0.2) is 0 Å². The fourth-order valence-corrected chi connectivity index (χ4v) is 1.72. The molecular weight excluding hydrogens is 242 g/mol. The molecule has 0 atom stereocenters. The molecule has 19 heavy (non-hydrogen) atoms. The highest BCUT2D eigenvalue weighted by Gasteiger charge is 2.04. The number of carbonyl (C=O) groups is 1. The first kappa shape index (κ1) is 13.0. The van der Waals surface area contributed by atoms with Crippen molar-refractivity contribution in [3.8, 4) is 0 Å². The average Bonchev–Trinajstić information content (AvgIpc) is 2.38. The highest BCUT2D eigenvalue weighted by molar-refractivity contribution is 5.88. The number of benzene rings is 1. The smallest absolute Gasteiger partial charge is 0.335 e. The first-order valence-corrected chi connectivity index (χ1v) is 6.03. The van der Waals surface area contributed by atoms with Crippen LogP contribution >= 0.6 is 0 Å². The third-order valence-corrected chi connectivity index (χ3v) is 2.66. The van der Waals surface area contributed by atoms with Crippen LogP contribution < -0.4 is 5.32 Å². The molecule has 2 rings (SSSR count). The molecule has 1 aromatic heterocycles. The van der Waals surface area contributed by atoms with Gasteiger partial charge in [-0.2, -0.15) is 0 Å². The molecule has 0 aliphatic heterocycles. The van der Waals surface area contributed by atoms with Crippen molar-refractivity contribution in [2.24, 2.45) is 0 Å². The standard InChI is InChI=1S/C14H15N3O2/c1-3-11-8-13(16-9(2)15-11)17-12-6-4-10(5-7-12)14(18)19/h4-8H,3H2,1-2H3,(H,18,19)(H,15,16,17). The van der Waals surface area contributed by atoms with Crippen LogP contribution in [0.2, 0.25) is 0 Å². The van der Waals surface area contributed by atoms with Crippen LogP contribution in [0.15, 0.2) is 30.3 Å². The van der Waals surface area contributed by atoms with E-state index in [1.807, 2.05) is 19.9 Å². The number of aromatic carboxylic acids is 1. The van der Waals surface area contributed by atoms with Gasteiger partial charge in [0.1, 0.15) is 11.6 Å². The molecule has 0 saturated heterocycles. The summed E-state index contributed by atoms with van der Waals surface area (Å²) in [5, 5.41) is 12.0.